The summed E-state index contributed by atoms with van der Waals surface area (Å²) in [6, 6.07) is 46.2. The van der Waals surface area contributed by atoms with Crippen molar-refractivity contribution >= 4 is 112 Å². The van der Waals surface area contributed by atoms with Gasteiger partial charge in [0.15, 0.2) is 0 Å². The lowest BCUT2D eigenvalue weighted by Gasteiger charge is -2.38. The van der Waals surface area contributed by atoms with Gasteiger partial charge < -0.3 is 56.0 Å². The molecule has 3 aliphatic heterocycles. The van der Waals surface area contributed by atoms with E-state index in [0.29, 0.717) is 114 Å². The van der Waals surface area contributed by atoms with Gasteiger partial charge in [-0.1, -0.05) is 103 Å². The third-order valence-electron chi connectivity index (χ3n) is 24.6. The number of rotatable bonds is 38. The van der Waals surface area contributed by atoms with E-state index in [9.17, 15) is 49.9 Å². The lowest BCUT2D eigenvalue weighted by molar-refractivity contribution is -0.538. The number of aromatic nitrogens is 2. The summed E-state index contributed by atoms with van der Waals surface area (Å²) in [5.41, 5.74) is 11.3. The molecule has 648 valence electrons. The predicted molar refractivity (Wildman–Crippen MR) is 484 cm³/mol. The molecular formula is C94H120N15O11S2+. The van der Waals surface area contributed by atoms with Crippen molar-refractivity contribution in [2.45, 2.75) is 184 Å². The third kappa shape index (κ3) is 21.7. The smallest absolute Gasteiger partial charge is 0.294 e. The van der Waals surface area contributed by atoms with Crippen molar-refractivity contribution in [3.05, 3.63) is 204 Å². The molecule has 28 heteroatoms. The van der Waals surface area contributed by atoms with E-state index in [4.69, 9.17) is 4.98 Å². The number of carbonyl (C=O) groups excluding carboxylic acids is 5. The van der Waals surface area contributed by atoms with Gasteiger partial charge in [0.25, 0.3) is 26.1 Å². The van der Waals surface area contributed by atoms with Crippen LogP contribution in [0.2, 0.25) is 0 Å². The Labute approximate surface area is 718 Å². The highest BCUT2D eigenvalue weighted by Crippen LogP contribution is 2.50. The lowest BCUT2D eigenvalue weighted by Crippen LogP contribution is -2.62. The molecule has 122 heavy (non-hydrogen) atoms. The molecule has 0 bridgehead atoms. The van der Waals surface area contributed by atoms with Gasteiger partial charge in [-0.2, -0.15) is 27.1 Å². The molecule has 7 N–H and O–H groups in total. The van der Waals surface area contributed by atoms with Crippen LogP contribution in [0.3, 0.4) is 0 Å². The minimum Gasteiger partial charge on any atom is -0.375 e. The van der Waals surface area contributed by atoms with Crippen LogP contribution in [-0.2, 0) is 50.2 Å². The number of amides is 5. The van der Waals surface area contributed by atoms with Gasteiger partial charge in [0.05, 0.1) is 27.2 Å². The third-order valence-corrected chi connectivity index (χ3v) is 26.3. The van der Waals surface area contributed by atoms with Crippen molar-refractivity contribution in [1.29, 1.82) is 0 Å². The van der Waals surface area contributed by atoms with Gasteiger partial charge in [0, 0.05) is 173 Å². The second-order valence-corrected chi connectivity index (χ2v) is 36.1. The Balaban J connectivity index is 0.627. The number of piperazine rings is 1. The fourth-order valence-electron chi connectivity index (χ4n) is 17.5. The van der Waals surface area contributed by atoms with Crippen molar-refractivity contribution in [3.63, 3.8) is 0 Å². The van der Waals surface area contributed by atoms with Crippen LogP contribution in [-0.4, -0.2) is 175 Å². The van der Waals surface area contributed by atoms with Crippen molar-refractivity contribution < 1.29 is 54.5 Å². The number of unbranched alkanes of at least 4 members (excludes halogenated alkanes) is 3. The van der Waals surface area contributed by atoms with Crippen LogP contribution >= 0.6 is 0 Å². The van der Waals surface area contributed by atoms with Gasteiger partial charge in [-0.3, -0.25) is 33.1 Å². The highest BCUT2D eigenvalue weighted by atomic mass is 32.2. The van der Waals surface area contributed by atoms with Crippen molar-refractivity contribution in [2.24, 2.45) is 10.2 Å². The minimum atomic E-state index is -4.51. The van der Waals surface area contributed by atoms with E-state index in [-0.39, 0.29) is 59.5 Å². The number of allylic oxidation sites excluding steroid dienone is 5. The fourth-order valence-corrected chi connectivity index (χ4v) is 18.5. The molecule has 1 unspecified atom stereocenters. The first-order valence-electron chi connectivity index (χ1n) is 43.2. The van der Waals surface area contributed by atoms with Crippen molar-refractivity contribution in [2.75, 3.05) is 117 Å². The molecule has 4 heterocycles. The molecule has 12 rings (SSSR count). The first-order valence-corrected chi connectivity index (χ1v) is 46.1. The maximum Gasteiger partial charge on any atom is 0.294 e. The predicted octanol–water partition coefficient (Wildman–Crippen LogP) is 14.5. The molecule has 0 spiro atoms. The molecule has 5 amide bonds. The summed E-state index contributed by atoms with van der Waals surface area (Å²) in [5.74, 6) is -1.54. The quantitative estimate of drug-likeness (QED) is 0.00472. The topological polar surface area (TPSA) is 315 Å². The number of carbonyl (C=O) groups is 5. The molecule has 1 saturated carbocycles. The Bertz CT molecular complexity index is 5410. The number of fused-ring (bicyclic) bond motifs is 4. The highest BCUT2D eigenvalue weighted by Gasteiger charge is 2.45. The number of hydrogen-bond donors (Lipinski definition) is 7. The number of para-hydroxylation sites is 1. The first kappa shape index (κ1) is 90.3. The zero-order chi connectivity index (χ0) is 86.9. The van der Waals surface area contributed by atoms with Crippen LogP contribution in [0.5, 0.6) is 0 Å². The maximum absolute atomic E-state index is 14.8. The lowest BCUT2D eigenvalue weighted by atomic mass is 9.80. The number of anilines is 5. The summed E-state index contributed by atoms with van der Waals surface area (Å²) in [7, 11) is -6.92. The minimum absolute atomic E-state index is 0.0806. The van der Waals surface area contributed by atoms with E-state index in [1.54, 1.807) is 30.3 Å². The molecule has 2 atom stereocenters. The summed E-state index contributed by atoms with van der Waals surface area (Å²) in [6.45, 7) is 25.5. The molecular weight excluding hydrogens is 1580 g/mol. The second kappa shape index (κ2) is 40.4. The van der Waals surface area contributed by atoms with Gasteiger partial charge in [-0.25, -0.2) is 4.98 Å². The molecule has 8 aromatic rings. The zero-order valence-electron chi connectivity index (χ0n) is 71.9. The number of hydrogen-bond acceptors (Lipinski definition) is 18. The van der Waals surface area contributed by atoms with Crippen LogP contribution in [0, 0.1) is 0 Å². The van der Waals surface area contributed by atoms with Gasteiger partial charge in [-0.15, -0.1) is 4.57 Å². The SMILES string of the molecule is CCN1CCN(c2ccc(C(=O)NC3(C(=O)N[C@@H](CCCCNC(=O)CCCN(C)c4ccc(/N=N/c5ccc6nc7ccc(N(CC)CC)cc7[n+](-c7ccccc7)c6c5)cc4)C(=O)NCCNC(=O)CCCCCN4\C(=C/C=C/C=C/C5N(CC)c6ccc(S(=O)(=O)O)cc6C5(C)C)C(C)(C)c5cc(S(=O)(=O)O)ccc54)CCCCC3)cc2)CC1. The Morgan fingerprint density at radius 1 is 0.615 bits per heavy atom. The van der Waals surface area contributed by atoms with Crippen LogP contribution in [0.1, 0.15) is 167 Å². The van der Waals surface area contributed by atoms with Crippen molar-refractivity contribution in [1.82, 2.24) is 36.5 Å². The Hall–Kier alpha value is -10.9. The van der Waals surface area contributed by atoms with E-state index in [1.807, 2.05) is 139 Å². The van der Waals surface area contributed by atoms with Crippen LogP contribution in [0.25, 0.3) is 27.8 Å². The summed E-state index contributed by atoms with van der Waals surface area (Å²) in [5, 5.41) is 24.4. The molecule has 1 aliphatic carbocycles. The Kier molecular flexibility index (Phi) is 29.9. The summed E-state index contributed by atoms with van der Waals surface area (Å²) in [4.78, 5) is 88.3. The second-order valence-electron chi connectivity index (χ2n) is 33.3. The van der Waals surface area contributed by atoms with E-state index >= 15 is 0 Å². The zero-order valence-corrected chi connectivity index (χ0v) is 73.6. The number of azo groups is 1. The normalized spacial score (nSPS) is 17.0. The van der Waals surface area contributed by atoms with Crippen LogP contribution in [0.15, 0.2) is 208 Å². The average Bonchev–Trinajstić information content (AvgIpc) is 1.50. The molecule has 7 aromatic carbocycles. The summed E-state index contributed by atoms with van der Waals surface area (Å²) < 4.78 is 71.2. The van der Waals surface area contributed by atoms with E-state index in [0.717, 1.165) is 125 Å². The van der Waals surface area contributed by atoms with Gasteiger partial charge in [0.2, 0.25) is 40.3 Å². The summed E-state index contributed by atoms with van der Waals surface area (Å²) in [6.07, 6.45) is 17.2. The number of nitrogens with one attached hydrogen (secondary N) is 5. The summed E-state index contributed by atoms with van der Waals surface area (Å²) >= 11 is 0. The molecule has 1 aromatic heterocycles. The Morgan fingerprint density at radius 3 is 1.91 bits per heavy atom. The van der Waals surface area contributed by atoms with E-state index in [1.165, 1.54) is 18.2 Å². The van der Waals surface area contributed by atoms with E-state index in [2.05, 4.69) is 128 Å². The maximum atomic E-state index is 14.8. The fraction of sp³-hybridized carbons (Fsp3) is 0.436. The van der Waals surface area contributed by atoms with Gasteiger partial charge in [0.1, 0.15) is 22.6 Å². The van der Waals surface area contributed by atoms with Gasteiger partial charge >= 0.3 is 0 Å². The van der Waals surface area contributed by atoms with Crippen LogP contribution in [0.4, 0.5) is 39.8 Å². The molecule has 0 radical (unpaired) electrons. The number of nitrogens with zero attached hydrogens (tertiary/aromatic N) is 10. The van der Waals surface area contributed by atoms with Gasteiger partial charge in [-0.05, 0) is 205 Å². The largest absolute Gasteiger partial charge is 0.375 e. The molecule has 2 fully saturated rings. The van der Waals surface area contributed by atoms with E-state index < -0.39 is 54.5 Å². The highest BCUT2D eigenvalue weighted by molar-refractivity contribution is 7.86. The molecule has 26 nitrogen and oxygen atoms in total. The van der Waals surface area contributed by atoms with Crippen LogP contribution < -0.4 is 55.7 Å². The first-order chi connectivity index (χ1) is 58.5. The average molecular weight is 1700 g/mol. The van der Waals surface area contributed by atoms with Crippen molar-refractivity contribution in [3.8, 4) is 5.69 Å². The molecule has 1 saturated heterocycles. The number of benzene rings is 7. The Morgan fingerprint density at radius 2 is 1.24 bits per heavy atom. The molecule has 4 aliphatic rings. The monoisotopic (exact) mass is 1700 g/mol. The standard InChI is InChI=1S/C94H119N15O11S2/c1-10-104-59-61-106(62-60-104)71-41-36-67(37-42-71)89(112)100-94(52-24-17-25-53-94)91(114)99-80(31-23-26-54-95-88(111)35-28-57-103(9)70-43-38-68(39-44-70)101-102-69-40-48-78-83(63-69)109(72-29-18-14-19-30-72)84-64-73(105(11-2)12-3)45-49-79(84)98-78)90(113)97-56-55-96-87(110)34-22-16-27-58-108-82-51-47-75(122(118,119)120)66-77(82)93(7,8)86(108)33-21-15-20-32-85-92(5,6)76-65-74(121(115,116)117)46-50-81(76)107(85)13-4/h14-15,18-21,29-30,32-33,36-51,63-66,80,85H,10-13,16-17,22-28,31,34-35,52-62H2,1-9H3,(H6-,95,96,97,99,100,110,111,112,113,114,115,116,117,118,119,120)/p+1/b21-15+,32-20+,86-33-/t80-,85?/m0/s1. The number of likely N-dealkylation sites (N-methyl/N-ethyl adjacent to an activating group) is 2.